The first-order valence-corrected chi connectivity index (χ1v) is 7.12. The zero-order valence-corrected chi connectivity index (χ0v) is 12.4. The third-order valence-electron chi connectivity index (χ3n) is 4.00. The molecule has 1 aromatic carbocycles. The molecule has 0 bridgehead atoms. The van der Waals surface area contributed by atoms with Crippen molar-refractivity contribution >= 4 is 5.82 Å². The topological polar surface area (TPSA) is 29.9 Å². The van der Waals surface area contributed by atoms with Gasteiger partial charge in [-0.3, -0.25) is 0 Å². The van der Waals surface area contributed by atoms with Crippen LogP contribution in [0.2, 0.25) is 0 Å². The van der Waals surface area contributed by atoms with Gasteiger partial charge in [-0.15, -0.1) is 0 Å². The first kappa shape index (κ1) is 16.7. The Hall–Kier alpha value is -2.19. The maximum absolute atomic E-state index is 14.0. The molecule has 2 aromatic rings. The quantitative estimate of drug-likeness (QED) is 0.802. The summed E-state index contributed by atoms with van der Waals surface area (Å²) in [6.45, 7) is 1.50. The normalized spacial score (nSPS) is 21.3. The van der Waals surface area contributed by atoms with E-state index in [2.05, 4.69) is 10.4 Å². The van der Waals surface area contributed by atoms with Crippen molar-refractivity contribution in [2.24, 2.45) is 0 Å². The molecule has 3 nitrogen and oxygen atoms in total. The van der Waals surface area contributed by atoms with Gasteiger partial charge in [-0.05, 0) is 24.6 Å². The van der Waals surface area contributed by atoms with Crippen molar-refractivity contribution in [2.45, 2.75) is 37.5 Å². The minimum atomic E-state index is -5.69. The van der Waals surface area contributed by atoms with Crippen LogP contribution < -0.4 is 5.32 Å². The van der Waals surface area contributed by atoms with E-state index in [-0.39, 0.29) is 5.82 Å². The Morgan fingerprint density at radius 3 is 2.33 bits per heavy atom. The molecule has 0 amide bonds. The van der Waals surface area contributed by atoms with Gasteiger partial charge >= 0.3 is 12.1 Å². The number of halogens is 6. The van der Waals surface area contributed by atoms with Gasteiger partial charge in [-0.2, -0.15) is 27.1 Å². The number of nitrogens with zero attached hydrogens (tertiary/aromatic N) is 2. The minimum absolute atomic E-state index is 0.0713. The lowest BCUT2D eigenvalue weighted by atomic mass is 9.93. The summed E-state index contributed by atoms with van der Waals surface area (Å²) in [5, 5.41) is 6.65. The second-order valence-electron chi connectivity index (χ2n) is 5.74. The van der Waals surface area contributed by atoms with Crippen molar-refractivity contribution in [3.05, 3.63) is 47.4 Å². The van der Waals surface area contributed by atoms with Gasteiger partial charge in [0.05, 0.1) is 11.7 Å². The molecule has 1 N–H and O–H groups in total. The highest BCUT2D eigenvalue weighted by Gasteiger charge is 2.64. The van der Waals surface area contributed by atoms with E-state index in [0.29, 0.717) is 15.9 Å². The largest absolute Gasteiger partial charge is 0.455 e. The summed E-state index contributed by atoms with van der Waals surface area (Å²) in [7, 11) is 0. The van der Waals surface area contributed by atoms with Gasteiger partial charge in [0.1, 0.15) is 17.7 Å². The van der Waals surface area contributed by atoms with Gasteiger partial charge < -0.3 is 5.32 Å². The average Bonchev–Trinajstić information content (AvgIpc) is 2.85. The van der Waals surface area contributed by atoms with Gasteiger partial charge in [0.2, 0.25) is 0 Å². The fourth-order valence-electron chi connectivity index (χ4n) is 2.83. The van der Waals surface area contributed by atoms with E-state index in [9.17, 15) is 26.3 Å². The predicted octanol–water partition coefficient (Wildman–Crippen LogP) is 4.63. The third kappa shape index (κ3) is 2.71. The van der Waals surface area contributed by atoms with Gasteiger partial charge in [0.15, 0.2) is 0 Å². The number of aryl methyl sites for hydroxylation is 1. The molecular formula is C15H13F6N3. The molecule has 2 atom stereocenters. The van der Waals surface area contributed by atoms with Crippen molar-refractivity contribution in [3.63, 3.8) is 0 Å². The SMILES string of the molecule is Cc1cc2n(n1)[C@@H](C(F)(F)C(F)(F)F)C[C@@H](c1ccc(F)cc1)N2. The molecule has 0 saturated carbocycles. The second kappa shape index (κ2) is 5.42. The van der Waals surface area contributed by atoms with Crippen LogP contribution in [0.15, 0.2) is 30.3 Å². The highest BCUT2D eigenvalue weighted by Crippen LogP contribution is 2.49. The maximum Gasteiger partial charge on any atom is 0.455 e. The van der Waals surface area contributed by atoms with Gasteiger partial charge in [0.25, 0.3) is 0 Å². The Bertz CT molecular complexity index is 735. The number of anilines is 1. The van der Waals surface area contributed by atoms with Crippen LogP contribution in [-0.4, -0.2) is 21.9 Å². The summed E-state index contributed by atoms with van der Waals surface area (Å²) in [5.41, 5.74) is 0.740. The fourth-order valence-corrected chi connectivity index (χ4v) is 2.83. The Morgan fingerprint density at radius 1 is 1.12 bits per heavy atom. The van der Waals surface area contributed by atoms with E-state index in [1.54, 1.807) is 0 Å². The Kier molecular flexibility index (Phi) is 3.76. The number of rotatable bonds is 2. The number of fused-ring (bicyclic) bond motifs is 1. The van der Waals surface area contributed by atoms with Gasteiger partial charge in [0, 0.05) is 12.5 Å². The van der Waals surface area contributed by atoms with Crippen LogP contribution in [0.3, 0.4) is 0 Å². The third-order valence-corrected chi connectivity index (χ3v) is 4.00. The zero-order chi connectivity index (χ0) is 17.7. The number of hydrogen-bond acceptors (Lipinski definition) is 2. The molecule has 1 aliphatic heterocycles. The van der Waals surface area contributed by atoms with Crippen molar-refractivity contribution in [1.29, 1.82) is 0 Å². The molecule has 130 valence electrons. The molecule has 0 spiro atoms. The number of benzene rings is 1. The summed E-state index contributed by atoms with van der Waals surface area (Å²) >= 11 is 0. The fraction of sp³-hybridized carbons (Fsp3) is 0.400. The monoisotopic (exact) mass is 349 g/mol. The van der Waals surface area contributed by atoms with Crippen LogP contribution >= 0.6 is 0 Å². The molecule has 3 rings (SSSR count). The van der Waals surface area contributed by atoms with Crippen LogP contribution in [0.25, 0.3) is 0 Å². The van der Waals surface area contributed by atoms with E-state index >= 15 is 0 Å². The van der Waals surface area contributed by atoms with Gasteiger partial charge in [-0.25, -0.2) is 9.07 Å². The van der Waals surface area contributed by atoms with Crippen molar-refractivity contribution in [3.8, 4) is 0 Å². The summed E-state index contributed by atoms with van der Waals surface area (Å²) < 4.78 is 80.2. The van der Waals surface area contributed by atoms with Crippen LogP contribution in [0.1, 0.15) is 29.8 Å². The lowest BCUT2D eigenvalue weighted by Gasteiger charge is -2.37. The van der Waals surface area contributed by atoms with Crippen molar-refractivity contribution < 1.29 is 26.3 Å². The number of alkyl halides is 5. The van der Waals surface area contributed by atoms with E-state index in [4.69, 9.17) is 0 Å². The first-order valence-electron chi connectivity index (χ1n) is 7.12. The molecular weight excluding hydrogens is 336 g/mol. The molecule has 9 heteroatoms. The smallest absolute Gasteiger partial charge is 0.363 e. The van der Waals surface area contributed by atoms with Crippen LogP contribution in [0.4, 0.5) is 32.2 Å². The summed E-state index contributed by atoms with van der Waals surface area (Å²) in [6.07, 6.45) is -6.23. The first-order chi connectivity index (χ1) is 11.1. The number of aromatic nitrogens is 2. The Morgan fingerprint density at radius 2 is 1.75 bits per heavy atom. The van der Waals surface area contributed by atoms with Crippen LogP contribution in [0.5, 0.6) is 0 Å². The molecule has 1 aliphatic rings. The summed E-state index contributed by atoms with van der Waals surface area (Å²) in [4.78, 5) is 0. The van der Waals surface area contributed by atoms with Crippen LogP contribution in [-0.2, 0) is 0 Å². The van der Waals surface area contributed by atoms with E-state index in [1.807, 2.05) is 0 Å². The molecule has 0 saturated heterocycles. The Labute approximate surface area is 133 Å². The number of nitrogens with one attached hydrogen (secondary N) is 1. The van der Waals surface area contributed by atoms with Crippen molar-refractivity contribution in [1.82, 2.24) is 9.78 Å². The van der Waals surface area contributed by atoms with E-state index < -0.39 is 36.4 Å². The maximum atomic E-state index is 14.0. The molecule has 1 aromatic heterocycles. The molecule has 0 radical (unpaired) electrons. The molecule has 0 aliphatic carbocycles. The lowest BCUT2D eigenvalue weighted by molar-refractivity contribution is -0.301. The Balaban J connectivity index is 2.03. The lowest BCUT2D eigenvalue weighted by Crippen LogP contribution is -2.47. The molecule has 0 fully saturated rings. The van der Waals surface area contributed by atoms with Crippen molar-refractivity contribution in [2.75, 3.05) is 5.32 Å². The average molecular weight is 349 g/mol. The van der Waals surface area contributed by atoms with E-state index in [0.717, 1.165) is 12.1 Å². The summed E-state index contributed by atoms with van der Waals surface area (Å²) in [5.74, 6) is -5.39. The predicted molar refractivity (Wildman–Crippen MR) is 74.4 cm³/mol. The number of hydrogen-bond donors (Lipinski definition) is 1. The standard InChI is InChI=1S/C15H13F6N3/c1-8-6-13-22-11(9-2-4-10(16)5-3-9)7-12(24(13)23-8)14(17,18)15(19,20)21/h2-6,11-12,22H,7H2,1H3/t11-,12+/m0/s1. The molecule has 0 unspecified atom stereocenters. The molecule has 24 heavy (non-hydrogen) atoms. The highest BCUT2D eigenvalue weighted by atomic mass is 19.4. The minimum Gasteiger partial charge on any atom is -0.363 e. The van der Waals surface area contributed by atoms with Crippen LogP contribution in [0, 0.1) is 12.7 Å². The second-order valence-corrected chi connectivity index (χ2v) is 5.74. The molecule has 2 heterocycles. The highest BCUT2D eigenvalue weighted by molar-refractivity contribution is 5.43. The van der Waals surface area contributed by atoms with Gasteiger partial charge in [-0.1, -0.05) is 12.1 Å². The van der Waals surface area contributed by atoms with E-state index in [1.165, 1.54) is 25.1 Å². The summed E-state index contributed by atoms with van der Waals surface area (Å²) in [6, 6.07) is 3.37. The zero-order valence-electron chi connectivity index (χ0n) is 12.4.